The summed E-state index contributed by atoms with van der Waals surface area (Å²) in [6.45, 7) is 2.69. The lowest BCUT2D eigenvalue weighted by molar-refractivity contribution is 0.563. The molecule has 0 bridgehead atoms. The van der Waals surface area contributed by atoms with Gasteiger partial charge in [0.05, 0.1) is 6.04 Å². The summed E-state index contributed by atoms with van der Waals surface area (Å²) in [6.07, 6.45) is 1.99. The molecule has 0 aromatic heterocycles. The van der Waals surface area contributed by atoms with Crippen molar-refractivity contribution in [1.29, 1.82) is 0 Å². The van der Waals surface area contributed by atoms with Crippen LogP contribution in [0.2, 0.25) is 0 Å². The van der Waals surface area contributed by atoms with Crippen molar-refractivity contribution in [3.63, 3.8) is 0 Å². The van der Waals surface area contributed by atoms with E-state index >= 15 is 0 Å². The van der Waals surface area contributed by atoms with Crippen molar-refractivity contribution in [3.8, 4) is 0 Å². The minimum Gasteiger partial charge on any atom is -0.306 e. The SMILES string of the molecule is CCNC(c1cc(F)cc(F)c1)c1ccccc1SC. The van der Waals surface area contributed by atoms with Crippen LogP contribution < -0.4 is 5.32 Å². The van der Waals surface area contributed by atoms with Gasteiger partial charge in [-0.25, -0.2) is 8.78 Å². The minimum absolute atomic E-state index is 0.214. The minimum atomic E-state index is -0.551. The Morgan fingerprint density at radius 1 is 1.10 bits per heavy atom. The Morgan fingerprint density at radius 2 is 1.75 bits per heavy atom. The molecule has 0 saturated heterocycles. The van der Waals surface area contributed by atoms with E-state index in [-0.39, 0.29) is 6.04 Å². The Morgan fingerprint density at radius 3 is 2.35 bits per heavy atom. The summed E-state index contributed by atoms with van der Waals surface area (Å²) in [4.78, 5) is 1.10. The summed E-state index contributed by atoms with van der Waals surface area (Å²) in [5.74, 6) is -1.10. The van der Waals surface area contributed by atoms with Crippen LogP contribution in [0.3, 0.4) is 0 Å². The zero-order valence-corrected chi connectivity index (χ0v) is 12.3. The molecule has 0 saturated carbocycles. The van der Waals surface area contributed by atoms with Crippen molar-refractivity contribution in [2.75, 3.05) is 12.8 Å². The molecule has 1 atom stereocenters. The van der Waals surface area contributed by atoms with Crippen LogP contribution in [-0.2, 0) is 0 Å². The maximum atomic E-state index is 13.5. The van der Waals surface area contributed by atoms with Gasteiger partial charge in [0, 0.05) is 11.0 Å². The van der Waals surface area contributed by atoms with Crippen LogP contribution >= 0.6 is 11.8 Å². The van der Waals surface area contributed by atoms with Crippen LogP contribution in [0.1, 0.15) is 24.1 Å². The van der Waals surface area contributed by atoms with Crippen molar-refractivity contribution in [2.24, 2.45) is 0 Å². The van der Waals surface area contributed by atoms with Gasteiger partial charge in [0.15, 0.2) is 0 Å². The third-order valence-electron chi connectivity index (χ3n) is 3.08. The maximum Gasteiger partial charge on any atom is 0.126 e. The van der Waals surface area contributed by atoms with E-state index in [2.05, 4.69) is 5.32 Å². The second-order valence-electron chi connectivity index (χ2n) is 4.44. The Kier molecular flexibility index (Phi) is 5.15. The molecule has 2 aromatic rings. The van der Waals surface area contributed by atoms with E-state index in [0.717, 1.165) is 16.5 Å². The summed E-state index contributed by atoms with van der Waals surface area (Å²) < 4.78 is 26.9. The summed E-state index contributed by atoms with van der Waals surface area (Å²) in [7, 11) is 0. The molecule has 0 fully saturated rings. The van der Waals surface area contributed by atoms with Gasteiger partial charge in [0.25, 0.3) is 0 Å². The molecular weight excluding hydrogens is 276 g/mol. The first-order valence-electron chi connectivity index (χ1n) is 6.48. The third kappa shape index (κ3) is 3.38. The van der Waals surface area contributed by atoms with Crippen molar-refractivity contribution in [2.45, 2.75) is 17.9 Å². The lowest BCUT2D eigenvalue weighted by Crippen LogP contribution is -2.22. The summed E-state index contributed by atoms with van der Waals surface area (Å²) in [5.41, 5.74) is 1.64. The van der Waals surface area contributed by atoms with Gasteiger partial charge in [-0.1, -0.05) is 25.1 Å². The van der Waals surface area contributed by atoms with Crippen LogP contribution in [0.25, 0.3) is 0 Å². The van der Waals surface area contributed by atoms with Crippen LogP contribution in [0.15, 0.2) is 47.4 Å². The number of nitrogens with one attached hydrogen (secondary N) is 1. The second kappa shape index (κ2) is 6.86. The molecule has 0 spiro atoms. The summed E-state index contributed by atoms with van der Waals surface area (Å²) in [5, 5.41) is 3.30. The summed E-state index contributed by atoms with van der Waals surface area (Å²) >= 11 is 1.63. The van der Waals surface area contributed by atoms with Crippen molar-refractivity contribution < 1.29 is 8.78 Å². The Labute approximate surface area is 122 Å². The van der Waals surface area contributed by atoms with Crippen LogP contribution in [-0.4, -0.2) is 12.8 Å². The average Bonchev–Trinajstić information content (AvgIpc) is 2.43. The topological polar surface area (TPSA) is 12.0 Å². The lowest BCUT2D eigenvalue weighted by Gasteiger charge is -2.21. The van der Waals surface area contributed by atoms with Crippen LogP contribution in [0.5, 0.6) is 0 Å². The van der Waals surface area contributed by atoms with E-state index in [0.29, 0.717) is 12.1 Å². The smallest absolute Gasteiger partial charge is 0.126 e. The Hall–Kier alpha value is -1.39. The highest BCUT2D eigenvalue weighted by Gasteiger charge is 2.17. The average molecular weight is 293 g/mol. The molecule has 0 aliphatic heterocycles. The van der Waals surface area contributed by atoms with Gasteiger partial charge in [0.1, 0.15) is 11.6 Å². The molecular formula is C16H17F2NS. The monoisotopic (exact) mass is 293 g/mol. The normalized spacial score (nSPS) is 12.4. The van der Waals surface area contributed by atoms with E-state index in [1.54, 1.807) is 11.8 Å². The molecule has 0 aliphatic carbocycles. The van der Waals surface area contributed by atoms with E-state index in [9.17, 15) is 8.78 Å². The van der Waals surface area contributed by atoms with E-state index < -0.39 is 11.6 Å². The highest BCUT2D eigenvalue weighted by molar-refractivity contribution is 7.98. The van der Waals surface area contributed by atoms with E-state index in [4.69, 9.17) is 0 Å². The molecule has 1 nitrogen and oxygen atoms in total. The van der Waals surface area contributed by atoms with E-state index in [1.807, 2.05) is 37.4 Å². The molecule has 106 valence electrons. The van der Waals surface area contributed by atoms with Crippen molar-refractivity contribution in [1.82, 2.24) is 5.32 Å². The molecule has 2 aromatic carbocycles. The number of benzene rings is 2. The third-order valence-corrected chi connectivity index (χ3v) is 3.89. The zero-order chi connectivity index (χ0) is 14.5. The molecule has 2 rings (SSSR count). The van der Waals surface area contributed by atoms with Gasteiger partial charge in [-0.15, -0.1) is 11.8 Å². The second-order valence-corrected chi connectivity index (χ2v) is 5.28. The molecule has 0 heterocycles. The fourth-order valence-corrected chi connectivity index (χ4v) is 2.89. The predicted molar refractivity (Wildman–Crippen MR) is 80.1 cm³/mol. The fourth-order valence-electron chi connectivity index (χ4n) is 2.26. The first-order valence-corrected chi connectivity index (χ1v) is 7.70. The lowest BCUT2D eigenvalue weighted by atomic mass is 9.98. The van der Waals surface area contributed by atoms with Gasteiger partial charge in [0.2, 0.25) is 0 Å². The highest BCUT2D eigenvalue weighted by atomic mass is 32.2. The van der Waals surface area contributed by atoms with Crippen LogP contribution in [0, 0.1) is 11.6 Å². The quantitative estimate of drug-likeness (QED) is 0.821. The predicted octanol–water partition coefficient (Wildman–Crippen LogP) is 4.39. The van der Waals surface area contributed by atoms with E-state index in [1.165, 1.54) is 12.1 Å². The standard InChI is InChI=1S/C16H17F2NS/c1-3-19-16(11-8-12(17)10-13(18)9-11)14-6-4-5-7-15(14)20-2/h4-10,16,19H,3H2,1-2H3. The maximum absolute atomic E-state index is 13.5. The number of thioether (sulfide) groups is 1. The van der Waals surface area contributed by atoms with Gasteiger partial charge < -0.3 is 5.32 Å². The van der Waals surface area contributed by atoms with Crippen molar-refractivity contribution >= 4 is 11.8 Å². The first kappa shape index (κ1) is 15.0. The fraction of sp³-hybridized carbons (Fsp3) is 0.250. The van der Waals surface area contributed by atoms with Gasteiger partial charge in [-0.2, -0.15) is 0 Å². The number of rotatable bonds is 5. The molecule has 4 heteroatoms. The number of hydrogen-bond donors (Lipinski definition) is 1. The first-order chi connectivity index (χ1) is 9.65. The summed E-state index contributed by atoms with van der Waals surface area (Å²) in [6, 6.07) is 11.4. The molecule has 0 amide bonds. The molecule has 20 heavy (non-hydrogen) atoms. The Balaban J connectivity index is 2.50. The number of hydrogen-bond acceptors (Lipinski definition) is 2. The molecule has 0 aliphatic rings. The molecule has 0 radical (unpaired) electrons. The molecule has 1 unspecified atom stereocenters. The van der Waals surface area contributed by atoms with Gasteiger partial charge in [-0.3, -0.25) is 0 Å². The number of halogens is 2. The van der Waals surface area contributed by atoms with Gasteiger partial charge in [-0.05, 0) is 42.1 Å². The zero-order valence-electron chi connectivity index (χ0n) is 11.5. The highest BCUT2D eigenvalue weighted by Crippen LogP contribution is 2.30. The Bertz CT molecular complexity index is 566. The molecule has 1 N–H and O–H groups in total. The largest absolute Gasteiger partial charge is 0.306 e. The van der Waals surface area contributed by atoms with Gasteiger partial charge >= 0.3 is 0 Å². The van der Waals surface area contributed by atoms with Crippen LogP contribution in [0.4, 0.5) is 8.78 Å². The van der Waals surface area contributed by atoms with Crippen molar-refractivity contribution in [3.05, 3.63) is 65.2 Å².